The van der Waals surface area contributed by atoms with Crippen LogP contribution in [0.2, 0.25) is 0 Å². The zero-order chi connectivity index (χ0) is 11.6. The predicted molar refractivity (Wildman–Crippen MR) is 61.2 cm³/mol. The van der Waals surface area contributed by atoms with Crippen LogP contribution < -0.4 is 5.43 Å². The first kappa shape index (κ1) is 10.7. The van der Waals surface area contributed by atoms with Crippen molar-refractivity contribution in [2.24, 2.45) is 5.10 Å². The van der Waals surface area contributed by atoms with Crippen LogP contribution in [0.1, 0.15) is 19.4 Å². The highest BCUT2D eigenvalue weighted by atomic mass is 16.5. The molecule has 0 saturated heterocycles. The number of carbonyl (C=O) groups is 1. The Kier molecular flexibility index (Phi) is 2.64. The second-order valence-corrected chi connectivity index (χ2v) is 4.40. The van der Waals surface area contributed by atoms with Crippen molar-refractivity contribution in [3.8, 4) is 0 Å². The number of ether oxygens (including phenoxy) is 1. The molecule has 0 spiro atoms. The van der Waals surface area contributed by atoms with E-state index >= 15 is 0 Å². The van der Waals surface area contributed by atoms with Gasteiger partial charge in [-0.25, -0.2) is 4.79 Å². The maximum absolute atomic E-state index is 11.7. The summed E-state index contributed by atoms with van der Waals surface area (Å²) in [4.78, 5) is 11.7. The first-order valence-electron chi connectivity index (χ1n) is 5.16. The first-order valence-corrected chi connectivity index (χ1v) is 5.16. The summed E-state index contributed by atoms with van der Waals surface area (Å²) in [5.74, 6) is -0.385. The Morgan fingerprint density at radius 2 is 2.00 bits per heavy atom. The number of carbonyl (C=O) groups excluding carboxylic acids is 1. The van der Waals surface area contributed by atoms with E-state index in [1.807, 2.05) is 44.2 Å². The number of hydrogen-bond donors (Lipinski definition) is 1. The van der Waals surface area contributed by atoms with Gasteiger partial charge < -0.3 is 10.2 Å². The lowest BCUT2D eigenvalue weighted by Gasteiger charge is -2.20. The van der Waals surface area contributed by atoms with Gasteiger partial charge in [-0.1, -0.05) is 30.3 Å². The fourth-order valence-electron chi connectivity index (χ4n) is 1.38. The van der Waals surface area contributed by atoms with Gasteiger partial charge in [0.25, 0.3) is 0 Å². The lowest BCUT2D eigenvalue weighted by molar-refractivity contribution is -0.136. The molecule has 0 aliphatic carbocycles. The second kappa shape index (κ2) is 3.96. The van der Waals surface area contributed by atoms with E-state index in [-0.39, 0.29) is 11.5 Å². The van der Waals surface area contributed by atoms with Crippen molar-refractivity contribution < 1.29 is 9.53 Å². The number of benzene rings is 1. The summed E-state index contributed by atoms with van der Waals surface area (Å²) in [6.07, 6.45) is 0. The predicted octanol–water partition coefficient (Wildman–Crippen LogP) is 1.32. The first-order chi connectivity index (χ1) is 7.58. The second-order valence-electron chi connectivity index (χ2n) is 4.40. The van der Waals surface area contributed by atoms with Crippen molar-refractivity contribution in [1.82, 2.24) is 5.43 Å². The van der Waals surface area contributed by atoms with Gasteiger partial charge in [0.05, 0.1) is 5.54 Å². The smallest absolute Gasteiger partial charge is 0.359 e. The van der Waals surface area contributed by atoms with Crippen LogP contribution in [0.25, 0.3) is 0 Å². The molecule has 1 aromatic rings. The van der Waals surface area contributed by atoms with E-state index in [9.17, 15) is 4.79 Å². The molecule has 1 aliphatic heterocycles. The fourth-order valence-corrected chi connectivity index (χ4v) is 1.38. The summed E-state index contributed by atoms with van der Waals surface area (Å²) in [6.45, 7) is 4.17. The van der Waals surface area contributed by atoms with Gasteiger partial charge in [-0.05, 0) is 13.8 Å². The SMILES string of the molecule is CC1(C)COC(=O)C(c2ccccc2)=NN1. The zero-order valence-corrected chi connectivity index (χ0v) is 9.36. The molecule has 0 atom stereocenters. The summed E-state index contributed by atoms with van der Waals surface area (Å²) in [6, 6.07) is 9.28. The summed E-state index contributed by atoms with van der Waals surface area (Å²) in [5.41, 5.74) is 3.70. The quantitative estimate of drug-likeness (QED) is 0.723. The van der Waals surface area contributed by atoms with Crippen molar-refractivity contribution in [3.05, 3.63) is 35.9 Å². The molecule has 1 aromatic carbocycles. The molecule has 4 nitrogen and oxygen atoms in total. The van der Waals surface area contributed by atoms with Gasteiger partial charge in [-0.2, -0.15) is 5.10 Å². The van der Waals surface area contributed by atoms with Crippen molar-refractivity contribution >= 4 is 11.7 Å². The van der Waals surface area contributed by atoms with Crippen LogP contribution >= 0.6 is 0 Å². The van der Waals surface area contributed by atoms with E-state index < -0.39 is 0 Å². The maximum Gasteiger partial charge on any atom is 0.359 e. The van der Waals surface area contributed by atoms with Gasteiger partial charge in [-0.3, -0.25) is 0 Å². The molecule has 0 aromatic heterocycles. The highest BCUT2D eigenvalue weighted by molar-refractivity contribution is 6.43. The van der Waals surface area contributed by atoms with E-state index in [1.54, 1.807) is 0 Å². The summed E-state index contributed by atoms with van der Waals surface area (Å²) in [7, 11) is 0. The maximum atomic E-state index is 11.7. The molecule has 84 valence electrons. The molecule has 0 fully saturated rings. The van der Waals surface area contributed by atoms with E-state index in [0.717, 1.165) is 5.56 Å². The number of nitrogens with one attached hydrogen (secondary N) is 1. The summed E-state index contributed by atoms with van der Waals surface area (Å²) in [5, 5.41) is 4.12. The zero-order valence-electron chi connectivity index (χ0n) is 9.36. The van der Waals surface area contributed by atoms with Crippen LogP contribution in [0.3, 0.4) is 0 Å². The highest BCUT2D eigenvalue weighted by Gasteiger charge is 2.26. The van der Waals surface area contributed by atoms with Crippen molar-refractivity contribution in [2.75, 3.05) is 6.61 Å². The molecular weight excluding hydrogens is 204 g/mol. The Morgan fingerprint density at radius 3 is 2.69 bits per heavy atom. The van der Waals surface area contributed by atoms with Crippen LogP contribution in [0.4, 0.5) is 0 Å². The topological polar surface area (TPSA) is 50.7 Å². The molecule has 0 saturated carbocycles. The minimum Gasteiger partial charge on any atom is -0.458 e. The molecular formula is C12H14N2O2. The van der Waals surface area contributed by atoms with Gasteiger partial charge in [0.15, 0.2) is 5.71 Å². The van der Waals surface area contributed by atoms with E-state index in [1.165, 1.54) is 0 Å². The third-order valence-electron chi connectivity index (χ3n) is 2.28. The van der Waals surface area contributed by atoms with E-state index in [0.29, 0.717) is 12.3 Å². The minimum atomic E-state index is -0.385. The standard InChI is InChI=1S/C12H14N2O2/c1-12(2)8-16-11(15)10(13-14-12)9-6-4-3-5-7-9/h3-7,14H,8H2,1-2H3. The fraction of sp³-hybridized carbons (Fsp3) is 0.333. The number of cyclic esters (lactones) is 1. The Labute approximate surface area is 94.3 Å². The Bertz CT molecular complexity index is 424. The monoisotopic (exact) mass is 218 g/mol. The number of nitrogens with zero attached hydrogens (tertiary/aromatic N) is 1. The molecule has 4 heteroatoms. The summed E-state index contributed by atoms with van der Waals surface area (Å²) < 4.78 is 5.15. The average Bonchev–Trinajstić information content (AvgIpc) is 2.40. The molecule has 16 heavy (non-hydrogen) atoms. The van der Waals surface area contributed by atoms with Gasteiger partial charge in [0.2, 0.25) is 0 Å². The lowest BCUT2D eigenvalue weighted by atomic mass is 10.1. The third kappa shape index (κ3) is 2.21. The third-order valence-corrected chi connectivity index (χ3v) is 2.28. The van der Waals surface area contributed by atoms with Gasteiger partial charge in [-0.15, -0.1) is 0 Å². The molecule has 2 rings (SSSR count). The Balaban J connectivity index is 2.33. The lowest BCUT2D eigenvalue weighted by Crippen LogP contribution is -2.39. The number of rotatable bonds is 1. The van der Waals surface area contributed by atoms with Crippen LogP contribution in [-0.2, 0) is 9.53 Å². The van der Waals surface area contributed by atoms with Crippen molar-refractivity contribution in [3.63, 3.8) is 0 Å². The molecule has 0 radical (unpaired) electrons. The Morgan fingerprint density at radius 1 is 1.31 bits per heavy atom. The molecule has 0 unspecified atom stereocenters. The largest absolute Gasteiger partial charge is 0.458 e. The minimum absolute atomic E-state index is 0.311. The van der Waals surface area contributed by atoms with Crippen LogP contribution in [0.5, 0.6) is 0 Å². The number of esters is 1. The van der Waals surface area contributed by atoms with Crippen molar-refractivity contribution in [2.45, 2.75) is 19.4 Å². The Hall–Kier alpha value is -1.84. The van der Waals surface area contributed by atoms with E-state index in [4.69, 9.17) is 4.74 Å². The highest BCUT2D eigenvalue weighted by Crippen LogP contribution is 2.10. The van der Waals surface area contributed by atoms with Crippen LogP contribution in [-0.4, -0.2) is 23.8 Å². The molecule has 1 N–H and O–H groups in total. The number of hydrazone groups is 1. The molecule has 1 heterocycles. The summed E-state index contributed by atoms with van der Waals surface area (Å²) >= 11 is 0. The van der Waals surface area contributed by atoms with Gasteiger partial charge in [0.1, 0.15) is 6.61 Å². The molecule has 0 amide bonds. The molecule has 1 aliphatic rings. The average molecular weight is 218 g/mol. The van der Waals surface area contributed by atoms with Gasteiger partial charge in [0, 0.05) is 5.56 Å². The van der Waals surface area contributed by atoms with E-state index in [2.05, 4.69) is 10.5 Å². The number of hydrogen-bond acceptors (Lipinski definition) is 4. The van der Waals surface area contributed by atoms with Crippen LogP contribution in [0.15, 0.2) is 35.4 Å². The molecule has 0 bridgehead atoms. The van der Waals surface area contributed by atoms with Gasteiger partial charge >= 0.3 is 5.97 Å². The van der Waals surface area contributed by atoms with Crippen molar-refractivity contribution in [1.29, 1.82) is 0 Å². The van der Waals surface area contributed by atoms with Crippen LogP contribution in [0, 0.1) is 0 Å². The normalized spacial score (nSPS) is 19.1.